The monoisotopic (exact) mass is 443 g/mol. The van der Waals surface area contributed by atoms with Crippen molar-refractivity contribution in [2.45, 2.75) is 10.0 Å². The minimum atomic E-state index is -4.81. The molecule has 1 aliphatic rings. The molecular formula is C17H10B3Cl2NO5S. The number of carbonyl (C=O) groups excluding carboxylic acids is 1. The van der Waals surface area contributed by atoms with E-state index in [9.17, 15) is 13.2 Å². The zero-order valence-corrected chi connectivity index (χ0v) is 17.0. The Kier molecular flexibility index (Phi) is 5.49. The summed E-state index contributed by atoms with van der Waals surface area (Å²) in [6.07, 6.45) is 0. The van der Waals surface area contributed by atoms with Crippen molar-refractivity contribution in [1.29, 1.82) is 0 Å². The normalized spacial score (nSPS) is 19.9. The van der Waals surface area contributed by atoms with Crippen molar-refractivity contribution in [2.75, 3.05) is 0 Å². The van der Waals surface area contributed by atoms with Crippen molar-refractivity contribution in [3.63, 3.8) is 0 Å². The number of nitrogens with two attached hydrogens (primary N) is 1. The van der Waals surface area contributed by atoms with Gasteiger partial charge in [-0.1, -0.05) is 53.5 Å². The van der Waals surface area contributed by atoms with Gasteiger partial charge in [-0.2, -0.15) is 8.42 Å². The molecule has 3 rings (SSSR count). The predicted molar refractivity (Wildman–Crippen MR) is 111 cm³/mol. The zero-order valence-electron chi connectivity index (χ0n) is 14.6. The van der Waals surface area contributed by atoms with Crippen LogP contribution in [0, 0.1) is 0 Å². The maximum Gasteiger partial charge on any atom is 0.302 e. The van der Waals surface area contributed by atoms with E-state index in [1.807, 2.05) is 0 Å². The number of halogens is 2. The van der Waals surface area contributed by atoms with Crippen LogP contribution in [0.4, 0.5) is 0 Å². The number of Topliss-reactive ketones (excluding diaryl/α,β-unsaturated/α-hetero) is 1. The van der Waals surface area contributed by atoms with Gasteiger partial charge < -0.3 is 14.7 Å². The first kappa shape index (κ1) is 21.7. The smallest absolute Gasteiger partial charge is 0.302 e. The number of rotatable bonds is 5. The van der Waals surface area contributed by atoms with Gasteiger partial charge in [0.05, 0.1) is 20.2 Å². The summed E-state index contributed by atoms with van der Waals surface area (Å²) in [6.45, 7) is 0. The molecule has 0 saturated carbocycles. The third kappa shape index (κ3) is 3.65. The van der Waals surface area contributed by atoms with E-state index in [0.29, 0.717) is 0 Å². The lowest BCUT2D eigenvalue weighted by Crippen LogP contribution is -2.40. The van der Waals surface area contributed by atoms with E-state index in [2.05, 4.69) is 0 Å². The van der Waals surface area contributed by atoms with Crippen LogP contribution in [0.15, 0.2) is 60.2 Å². The third-order valence-electron chi connectivity index (χ3n) is 4.20. The second-order valence-electron chi connectivity index (χ2n) is 6.18. The minimum absolute atomic E-state index is 0.0161. The lowest BCUT2D eigenvalue weighted by atomic mass is 9.65. The fourth-order valence-electron chi connectivity index (χ4n) is 2.61. The third-order valence-corrected chi connectivity index (χ3v) is 6.21. The highest BCUT2D eigenvalue weighted by atomic mass is 35.5. The molecule has 0 bridgehead atoms. The van der Waals surface area contributed by atoms with Crippen LogP contribution in [0.3, 0.4) is 0 Å². The summed E-state index contributed by atoms with van der Waals surface area (Å²) >= 11 is 12.0. The van der Waals surface area contributed by atoms with Crippen molar-refractivity contribution in [2.24, 2.45) is 5.73 Å². The highest BCUT2D eigenvalue weighted by Gasteiger charge is 2.51. The van der Waals surface area contributed by atoms with Gasteiger partial charge in [0.25, 0.3) is 0 Å². The molecule has 2 aromatic rings. The standard InChI is InChI=1S/C17H10B3Cl2NO5S/c18-16(11-8-10(21)6-7-12(11)22)14(24)13(15(23)27-16)28-29(25,26)17(19,20)9-4-2-1-3-5-9/h1-8H,23H2. The number of ether oxygens (including phenoxy) is 1. The summed E-state index contributed by atoms with van der Waals surface area (Å²) in [7, 11) is 12.8. The number of hydrogen-bond acceptors (Lipinski definition) is 6. The van der Waals surface area contributed by atoms with E-state index in [1.165, 1.54) is 42.5 Å². The van der Waals surface area contributed by atoms with E-state index < -0.39 is 37.6 Å². The fourth-order valence-corrected chi connectivity index (χ4v) is 3.98. The van der Waals surface area contributed by atoms with Crippen LogP contribution in [0.25, 0.3) is 0 Å². The van der Waals surface area contributed by atoms with Gasteiger partial charge in [0.15, 0.2) is 5.50 Å². The Labute approximate surface area is 181 Å². The molecule has 0 spiro atoms. The molecule has 12 heteroatoms. The number of benzene rings is 2. The maximum absolute atomic E-state index is 12.9. The Morgan fingerprint density at radius 1 is 1.10 bits per heavy atom. The maximum atomic E-state index is 12.9. The lowest BCUT2D eigenvalue weighted by Gasteiger charge is -2.27. The minimum Gasteiger partial charge on any atom is -0.467 e. The van der Waals surface area contributed by atoms with Crippen molar-refractivity contribution in [3.8, 4) is 0 Å². The van der Waals surface area contributed by atoms with Gasteiger partial charge in [-0.3, -0.25) is 4.79 Å². The van der Waals surface area contributed by atoms with Crippen LogP contribution >= 0.6 is 23.2 Å². The summed E-state index contributed by atoms with van der Waals surface area (Å²) in [5.41, 5.74) is 3.39. The Morgan fingerprint density at radius 2 is 1.72 bits per heavy atom. The van der Waals surface area contributed by atoms with Gasteiger partial charge in [-0.15, -0.1) is 0 Å². The summed E-state index contributed by atoms with van der Waals surface area (Å²) in [6, 6.07) is 11.6. The Morgan fingerprint density at radius 3 is 2.34 bits per heavy atom. The van der Waals surface area contributed by atoms with Gasteiger partial charge >= 0.3 is 10.1 Å². The van der Waals surface area contributed by atoms with Gasteiger partial charge in [0.2, 0.25) is 17.4 Å². The highest BCUT2D eigenvalue weighted by molar-refractivity contribution is 7.90. The summed E-state index contributed by atoms with van der Waals surface area (Å²) in [4.78, 5) is 12.9. The molecule has 0 fully saturated rings. The topological polar surface area (TPSA) is 95.7 Å². The van der Waals surface area contributed by atoms with Crippen molar-refractivity contribution in [1.82, 2.24) is 0 Å². The molecule has 1 aliphatic heterocycles. The molecular weight excluding hydrogens is 434 g/mol. The van der Waals surface area contributed by atoms with Crippen molar-refractivity contribution < 1.29 is 22.1 Å². The highest BCUT2D eigenvalue weighted by Crippen LogP contribution is 2.41. The van der Waals surface area contributed by atoms with Gasteiger partial charge in [0.1, 0.15) is 7.85 Å². The summed E-state index contributed by atoms with van der Waals surface area (Å²) < 4.78 is 33.0. The van der Waals surface area contributed by atoms with E-state index in [4.69, 9.17) is 61.4 Å². The molecule has 1 unspecified atom stereocenters. The van der Waals surface area contributed by atoms with Crippen LogP contribution in [0.2, 0.25) is 10.0 Å². The molecule has 0 aromatic heterocycles. The SMILES string of the molecule is [B]C1(c2cc(Cl)ccc2Cl)OC(N)=C(OS(=O)(=O)C([B])([B])c2ccccc2)C1=O. The molecule has 0 amide bonds. The van der Waals surface area contributed by atoms with Gasteiger partial charge in [0, 0.05) is 15.6 Å². The van der Waals surface area contributed by atoms with Crippen molar-refractivity contribution >= 4 is 62.6 Å². The molecule has 0 aliphatic carbocycles. The zero-order chi connectivity index (χ0) is 21.6. The van der Waals surface area contributed by atoms with Crippen LogP contribution in [0.1, 0.15) is 11.1 Å². The van der Waals surface area contributed by atoms with Gasteiger partial charge in [-0.05, 0) is 23.8 Å². The van der Waals surface area contributed by atoms with Gasteiger partial charge in [-0.25, -0.2) is 0 Å². The summed E-state index contributed by atoms with van der Waals surface area (Å²) in [5.74, 6) is -2.66. The average Bonchev–Trinajstić information content (AvgIpc) is 2.88. The Bertz CT molecular complexity index is 1130. The van der Waals surface area contributed by atoms with E-state index in [-0.39, 0.29) is 21.2 Å². The number of ketones is 1. The first-order chi connectivity index (χ1) is 13.4. The first-order valence-corrected chi connectivity index (χ1v) is 10.1. The molecule has 142 valence electrons. The largest absolute Gasteiger partial charge is 0.467 e. The Hall–Kier alpha value is -2.03. The molecule has 0 saturated heterocycles. The molecule has 2 aromatic carbocycles. The van der Waals surface area contributed by atoms with E-state index in [0.717, 1.165) is 0 Å². The van der Waals surface area contributed by atoms with Crippen LogP contribution in [0.5, 0.6) is 0 Å². The van der Waals surface area contributed by atoms with E-state index in [1.54, 1.807) is 6.07 Å². The van der Waals surface area contributed by atoms with Crippen LogP contribution in [-0.4, -0.2) is 37.7 Å². The quantitative estimate of drug-likeness (QED) is 0.556. The van der Waals surface area contributed by atoms with Crippen molar-refractivity contribution in [3.05, 3.63) is 81.3 Å². The first-order valence-electron chi connectivity index (χ1n) is 7.95. The second kappa shape index (κ2) is 7.34. The number of hydrogen-bond donors (Lipinski definition) is 1. The Balaban J connectivity index is 1.97. The number of carbonyl (C=O) groups is 1. The molecule has 6 nitrogen and oxygen atoms in total. The molecule has 6 radical (unpaired) electrons. The summed E-state index contributed by atoms with van der Waals surface area (Å²) in [5, 5.41) is 0.247. The molecule has 1 heterocycles. The van der Waals surface area contributed by atoms with Crippen LogP contribution in [-0.2, 0) is 33.9 Å². The lowest BCUT2D eigenvalue weighted by molar-refractivity contribution is -0.126. The average molecular weight is 444 g/mol. The second-order valence-corrected chi connectivity index (χ2v) is 8.78. The fraction of sp³-hybridized carbons (Fsp3) is 0.118. The molecule has 1 atom stereocenters. The predicted octanol–water partition coefficient (Wildman–Crippen LogP) is 1.54. The van der Waals surface area contributed by atoms with E-state index >= 15 is 0 Å². The molecule has 2 N–H and O–H groups in total. The van der Waals surface area contributed by atoms with Crippen LogP contribution < -0.4 is 5.73 Å². The molecule has 29 heavy (non-hydrogen) atoms.